The van der Waals surface area contributed by atoms with Gasteiger partial charge in [-0.1, -0.05) is 72.3 Å². The van der Waals surface area contributed by atoms with Gasteiger partial charge in [-0.2, -0.15) is 0 Å². The number of amides is 5. The molecule has 0 aromatic rings. The first kappa shape index (κ1) is 36.3. The maximum atomic E-state index is 14.4. The van der Waals surface area contributed by atoms with Crippen LogP contribution in [-0.2, 0) is 29.0 Å². The molecule has 13 heteroatoms. The molecular weight excluding hydrogens is 634 g/mol. The third kappa shape index (κ3) is 7.75. The van der Waals surface area contributed by atoms with Crippen LogP contribution in [-0.4, -0.2) is 90.6 Å². The van der Waals surface area contributed by atoms with Gasteiger partial charge in [0.2, 0.25) is 17.6 Å². The summed E-state index contributed by atoms with van der Waals surface area (Å²) in [4.78, 5) is 69.4. The molecule has 2 saturated heterocycles. The first-order valence-electron chi connectivity index (χ1n) is 17.9. The highest BCUT2D eigenvalue weighted by Crippen LogP contribution is 2.55. The zero-order valence-electron chi connectivity index (χ0n) is 29.0. The van der Waals surface area contributed by atoms with Gasteiger partial charge in [-0.15, -0.1) is 6.58 Å². The van der Waals surface area contributed by atoms with Crippen LogP contribution in [0.25, 0.3) is 0 Å². The molecule has 0 spiro atoms. The van der Waals surface area contributed by atoms with Crippen LogP contribution >= 0.6 is 0 Å². The number of piperidine rings is 1. The minimum atomic E-state index is -3.38. The predicted octanol–water partition coefficient (Wildman–Crippen LogP) is 2.62. The quantitative estimate of drug-likeness (QED) is 0.180. The fourth-order valence-corrected chi connectivity index (χ4v) is 11.0. The minimum absolute atomic E-state index is 0.0864. The van der Waals surface area contributed by atoms with Crippen molar-refractivity contribution in [1.82, 2.24) is 26.2 Å². The number of sulfone groups is 1. The lowest BCUT2D eigenvalue weighted by Crippen LogP contribution is -2.66. The SMILES string of the molecule is C=CCNC(=O)C(=O)[C@H](CC1CC1)NC(=O)[C@@H]1[C@H]2C(C)[C@H]2CN1C(=O)[C@@H](NC(=O)NC1(C2CCCCS2(=O)=O)CCCCC1)C(C)(C)C. The predicted molar refractivity (Wildman–Crippen MR) is 181 cm³/mol. The van der Waals surface area contributed by atoms with Crippen molar-refractivity contribution in [2.45, 2.75) is 127 Å². The number of carbonyl (C=O) groups is 5. The molecule has 3 saturated carbocycles. The Hall–Kier alpha value is -2.96. The molecule has 7 atom stereocenters. The summed E-state index contributed by atoms with van der Waals surface area (Å²) in [5, 5.41) is 10.7. The molecule has 0 aromatic heterocycles. The van der Waals surface area contributed by atoms with Crippen molar-refractivity contribution in [1.29, 1.82) is 0 Å². The molecule has 2 heterocycles. The number of Topliss-reactive ketones (excluding diaryl/α,β-unsaturated/α-hetero) is 1. The van der Waals surface area contributed by atoms with Gasteiger partial charge in [0.25, 0.3) is 5.91 Å². The average Bonchev–Trinajstić information content (AvgIpc) is 3.92. The minimum Gasteiger partial charge on any atom is -0.346 e. The van der Waals surface area contributed by atoms with Crippen LogP contribution in [0, 0.1) is 29.1 Å². The van der Waals surface area contributed by atoms with E-state index in [1.807, 2.05) is 27.7 Å². The molecule has 0 radical (unpaired) electrons. The fraction of sp³-hybridized carbons (Fsp3) is 0.800. The Bertz CT molecular complexity index is 1400. The molecule has 3 aliphatic carbocycles. The maximum absolute atomic E-state index is 14.4. The first-order valence-corrected chi connectivity index (χ1v) is 19.6. The molecule has 5 fully saturated rings. The number of urea groups is 1. The van der Waals surface area contributed by atoms with Gasteiger partial charge < -0.3 is 26.2 Å². The highest BCUT2D eigenvalue weighted by Gasteiger charge is 2.63. The number of nitrogens with one attached hydrogen (secondary N) is 4. The Labute approximate surface area is 285 Å². The van der Waals surface area contributed by atoms with E-state index < -0.39 is 73.7 Å². The molecule has 268 valence electrons. The first-order chi connectivity index (χ1) is 22.6. The van der Waals surface area contributed by atoms with E-state index in [2.05, 4.69) is 27.8 Å². The van der Waals surface area contributed by atoms with Gasteiger partial charge in [-0.25, -0.2) is 13.2 Å². The lowest BCUT2D eigenvalue weighted by molar-refractivity contribution is -0.145. The summed E-state index contributed by atoms with van der Waals surface area (Å²) < 4.78 is 26.5. The molecule has 5 rings (SSSR count). The van der Waals surface area contributed by atoms with Crippen molar-refractivity contribution in [3.63, 3.8) is 0 Å². The van der Waals surface area contributed by atoms with Crippen molar-refractivity contribution in [3.05, 3.63) is 12.7 Å². The van der Waals surface area contributed by atoms with E-state index >= 15 is 0 Å². The summed E-state index contributed by atoms with van der Waals surface area (Å²) >= 11 is 0. The Morgan fingerprint density at radius 2 is 1.67 bits per heavy atom. The molecule has 2 unspecified atom stereocenters. The Morgan fingerprint density at radius 3 is 2.27 bits per heavy atom. The smallest absolute Gasteiger partial charge is 0.315 e. The molecule has 4 N–H and O–H groups in total. The van der Waals surface area contributed by atoms with E-state index in [1.54, 1.807) is 4.90 Å². The summed E-state index contributed by atoms with van der Waals surface area (Å²) in [7, 11) is -3.38. The van der Waals surface area contributed by atoms with Crippen LogP contribution in [0.2, 0.25) is 0 Å². The van der Waals surface area contributed by atoms with E-state index in [-0.39, 0.29) is 36.0 Å². The van der Waals surface area contributed by atoms with Crippen molar-refractivity contribution in [2.75, 3.05) is 18.8 Å². The lowest BCUT2D eigenvalue weighted by atomic mass is 9.77. The number of ketones is 1. The zero-order valence-corrected chi connectivity index (χ0v) is 29.8. The maximum Gasteiger partial charge on any atom is 0.315 e. The summed E-state index contributed by atoms with van der Waals surface area (Å²) in [6, 6.07) is -3.41. The second kappa shape index (κ2) is 14.1. The molecule has 48 heavy (non-hydrogen) atoms. The topological polar surface area (TPSA) is 171 Å². The Morgan fingerprint density at radius 1 is 0.979 bits per heavy atom. The van der Waals surface area contributed by atoms with Crippen molar-refractivity contribution >= 4 is 39.4 Å². The monoisotopic (exact) mass is 689 g/mol. The van der Waals surface area contributed by atoms with Crippen molar-refractivity contribution in [3.8, 4) is 0 Å². The molecule has 5 amide bonds. The van der Waals surface area contributed by atoms with Gasteiger partial charge in [-0.05, 0) is 61.2 Å². The molecular formula is C35H55N5O7S. The number of hydrogen-bond donors (Lipinski definition) is 4. The third-order valence-electron chi connectivity index (χ3n) is 11.5. The molecule has 12 nitrogen and oxygen atoms in total. The van der Waals surface area contributed by atoms with E-state index in [1.165, 1.54) is 6.08 Å². The Balaban J connectivity index is 1.33. The van der Waals surface area contributed by atoms with Gasteiger partial charge in [-0.3, -0.25) is 19.2 Å². The standard InChI is InChI=1S/C35H55N5O7S/c1-6-17-36-31(43)28(41)24(19-22-13-14-22)37-30(42)27-26-21(2)23(26)20-40(27)32(44)29(34(3,4)5)38-33(45)39-35(15-9-7-10-16-35)25-12-8-11-18-48(25,46)47/h6,21-27,29H,1,7-20H2,2-5H3,(H,36,43)(H,37,42)(H2,38,39,45)/t21?,23-,24+,25?,26+,27+,29-/m1/s1. The molecule has 2 aliphatic heterocycles. The second-order valence-electron chi connectivity index (χ2n) is 16.1. The van der Waals surface area contributed by atoms with Crippen LogP contribution in [0.1, 0.15) is 98.3 Å². The second-order valence-corrected chi connectivity index (χ2v) is 18.4. The number of fused-ring (bicyclic) bond motifs is 1. The van der Waals surface area contributed by atoms with E-state index in [4.69, 9.17) is 0 Å². The van der Waals surface area contributed by atoms with Gasteiger partial charge in [0.15, 0.2) is 9.84 Å². The van der Waals surface area contributed by atoms with Crippen LogP contribution in [0.5, 0.6) is 0 Å². The van der Waals surface area contributed by atoms with Crippen molar-refractivity contribution in [2.24, 2.45) is 29.1 Å². The van der Waals surface area contributed by atoms with Crippen LogP contribution in [0.15, 0.2) is 12.7 Å². The summed E-state index contributed by atoms with van der Waals surface area (Å²) in [6.45, 7) is 11.6. The van der Waals surface area contributed by atoms with Gasteiger partial charge in [0, 0.05) is 13.1 Å². The fourth-order valence-electron chi connectivity index (χ4n) is 8.56. The van der Waals surface area contributed by atoms with Crippen molar-refractivity contribution < 1.29 is 32.4 Å². The largest absolute Gasteiger partial charge is 0.346 e. The lowest BCUT2D eigenvalue weighted by Gasteiger charge is -2.45. The number of carbonyl (C=O) groups excluding carboxylic acids is 5. The van der Waals surface area contributed by atoms with E-state index in [0.29, 0.717) is 38.6 Å². The number of nitrogens with zero attached hydrogens (tertiary/aromatic N) is 1. The normalized spacial score (nSPS) is 30.2. The van der Waals surface area contributed by atoms with Gasteiger partial charge >= 0.3 is 6.03 Å². The zero-order chi connectivity index (χ0) is 35.0. The summed E-state index contributed by atoms with van der Waals surface area (Å²) in [6.07, 6.45) is 9.39. The molecule has 5 aliphatic rings. The summed E-state index contributed by atoms with van der Waals surface area (Å²) in [5.41, 5.74) is -1.63. The van der Waals surface area contributed by atoms with Gasteiger partial charge in [0.05, 0.1) is 22.6 Å². The third-order valence-corrected chi connectivity index (χ3v) is 13.9. The van der Waals surface area contributed by atoms with E-state index in [0.717, 1.165) is 38.5 Å². The van der Waals surface area contributed by atoms with Gasteiger partial charge in [0.1, 0.15) is 12.1 Å². The number of hydrogen-bond acceptors (Lipinski definition) is 7. The highest BCUT2D eigenvalue weighted by atomic mass is 32.2. The van der Waals surface area contributed by atoms with Crippen LogP contribution < -0.4 is 21.3 Å². The van der Waals surface area contributed by atoms with Crippen LogP contribution in [0.4, 0.5) is 4.79 Å². The molecule has 0 aromatic carbocycles. The van der Waals surface area contributed by atoms with E-state index in [9.17, 15) is 32.4 Å². The molecule has 0 bridgehead atoms. The van der Waals surface area contributed by atoms with Crippen LogP contribution in [0.3, 0.4) is 0 Å². The average molecular weight is 690 g/mol. The number of likely N-dealkylation sites (tertiary alicyclic amines) is 1. The number of rotatable bonds is 12. The highest BCUT2D eigenvalue weighted by molar-refractivity contribution is 7.92. The Kier molecular flexibility index (Phi) is 10.7. The summed E-state index contributed by atoms with van der Waals surface area (Å²) in [5.74, 6) is -1.72.